The van der Waals surface area contributed by atoms with E-state index in [1.54, 1.807) is 6.07 Å². The van der Waals surface area contributed by atoms with Crippen molar-refractivity contribution >= 4 is 5.97 Å². The standard InChI is InChI=1S/C13H12F3NO2/c1-19-10(18)12-5-11(6-12,7-12)8-3-2-4-9(17-8)13(14,15)16/h2-4H,5-7H2,1H3. The molecule has 3 aliphatic rings. The van der Waals surface area contributed by atoms with Gasteiger partial charge < -0.3 is 4.74 Å². The summed E-state index contributed by atoms with van der Waals surface area (Å²) in [5.74, 6) is -0.263. The summed E-state index contributed by atoms with van der Waals surface area (Å²) in [5.41, 5.74) is -1.25. The zero-order chi connectivity index (χ0) is 13.9. The Morgan fingerprint density at radius 3 is 2.47 bits per heavy atom. The van der Waals surface area contributed by atoms with Crippen LogP contribution in [0.2, 0.25) is 0 Å². The van der Waals surface area contributed by atoms with Gasteiger partial charge in [0, 0.05) is 11.1 Å². The molecule has 4 rings (SSSR count). The van der Waals surface area contributed by atoms with Crippen LogP contribution in [0.3, 0.4) is 0 Å². The van der Waals surface area contributed by atoms with Gasteiger partial charge in [-0.25, -0.2) is 4.98 Å². The van der Waals surface area contributed by atoms with E-state index < -0.39 is 17.3 Å². The fraction of sp³-hybridized carbons (Fsp3) is 0.538. The Balaban J connectivity index is 1.82. The van der Waals surface area contributed by atoms with E-state index in [0.29, 0.717) is 25.0 Å². The van der Waals surface area contributed by atoms with Crippen LogP contribution in [0.4, 0.5) is 13.2 Å². The molecule has 0 atom stereocenters. The largest absolute Gasteiger partial charge is 0.469 e. The first-order valence-corrected chi connectivity index (χ1v) is 5.95. The molecule has 0 unspecified atom stereocenters. The van der Waals surface area contributed by atoms with Crippen LogP contribution < -0.4 is 0 Å². The summed E-state index contributed by atoms with van der Waals surface area (Å²) in [7, 11) is 1.33. The van der Waals surface area contributed by atoms with Gasteiger partial charge in [0.05, 0.1) is 12.5 Å². The number of carbonyl (C=O) groups excluding carboxylic acids is 1. The highest BCUT2D eigenvalue weighted by atomic mass is 19.4. The second kappa shape index (κ2) is 3.49. The molecular weight excluding hydrogens is 259 g/mol. The SMILES string of the molecule is COC(=O)C12CC(c3cccc(C(F)(F)F)n3)(C1)C2. The minimum atomic E-state index is -4.43. The first-order chi connectivity index (χ1) is 8.81. The maximum absolute atomic E-state index is 12.6. The summed E-state index contributed by atoms with van der Waals surface area (Å²) in [6.45, 7) is 0. The first kappa shape index (κ1) is 12.4. The van der Waals surface area contributed by atoms with Gasteiger partial charge in [-0.2, -0.15) is 13.2 Å². The van der Waals surface area contributed by atoms with E-state index in [-0.39, 0.29) is 11.4 Å². The lowest BCUT2D eigenvalue weighted by Crippen LogP contribution is -2.68. The van der Waals surface area contributed by atoms with Gasteiger partial charge in [-0.3, -0.25) is 4.79 Å². The molecule has 0 spiro atoms. The van der Waals surface area contributed by atoms with E-state index in [1.807, 2.05) is 0 Å². The van der Waals surface area contributed by atoms with Gasteiger partial charge in [-0.1, -0.05) is 6.07 Å². The average molecular weight is 271 g/mol. The van der Waals surface area contributed by atoms with E-state index in [4.69, 9.17) is 4.74 Å². The van der Waals surface area contributed by atoms with Crippen molar-refractivity contribution in [1.29, 1.82) is 0 Å². The average Bonchev–Trinajstić information content (AvgIpc) is 2.24. The molecule has 0 saturated heterocycles. The minimum Gasteiger partial charge on any atom is -0.469 e. The molecule has 3 nitrogen and oxygen atoms in total. The maximum Gasteiger partial charge on any atom is 0.433 e. The van der Waals surface area contributed by atoms with Gasteiger partial charge in [0.1, 0.15) is 5.69 Å². The van der Waals surface area contributed by atoms with Gasteiger partial charge in [-0.15, -0.1) is 0 Å². The molecule has 1 aromatic heterocycles. The predicted octanol–water partition coefficient (Wildman–Crippen LogP) is 2.70. The van der Waals surface area contributed by atoms with E-state index in [0.717, 1.165) is 6.07 Å². The van der Waals surface area contributed by atoms with Crippen LogP contribution in [-0.4, -0.2) is 18.1 Å². The molecule has 0 radical (unpaired) electrons. The molecular formula is C13H12F3NO2. The number of rotatable bonds is 2. The number of hydrogen-bond donors (Lipinski definition) is 0. The smallest absolute Gasteiger partial charge is 0.433 e. The third-order valence-corrected chi connectivity index (χ3v) is 4.23. The topological polar surface area (TPSA) is 39.2 Å². The molecule has 6 heteroatoms. The number of alkyl halides is 3. The maximum atomic E-state index is 12.6. The van der Waals surface area contributed by atoms with Gasteiger partial charge >= 0.3 is 12.1 Å². The Kier molecular flexibility index (Phi) is 2.29. The van der Waals surface area contributed by atoms with Crippen molar-refractivity contribution in [3.63, 3.8) is 0 Å². The molecule has 19 heavy (non-hydrogen) atoms. The number of aromatic nitrogens is 1. The third-order valence-electron chi connectivity index (χ3n) is 4.23. The lowest BCUT2D eigenvalue weighted by molar-refractivity contribution is -0.199. The predicted molar refractivity (Wildman–Crippen MR) is 59.2 cm³/mol. The molecule has 0 N–H and O–H groups in total. The number of pyridine rings is 1. The Bertz CT molecular complexity index is 533. The number of carbonyl (C=O) groups is 1. The number of methoxy groups -OCH3 is 1. The Labute approximate surface area is 107 Å². The number of ether oxygens (including phenoxy) is 1. The number of esters is 1. The van der Waals surface area contributed by atoms with Crippen LogP contribution in [0.1, 0.15) is 30.7 Å². The van der Waals surface area contributed by atoms with Gasteiger partial charge in [0.25, 0.3) is 0 Å². The van der Waals surface area contributed by atoms with Crippen LogP contribution in [0.5, 0.6) is 0 Å². The lowest BCUT2D eigenvalue weighted by atomic mass is 9.34. The quantitative estimate of drug-likeness (QED) is 0.776. The fourth-order valence-corrected chi connectivity index (χ4v) is 3.38. The van der Waals surface area contributed by atoms with Crippen molar-refractivity contribution in [2.24, 2.45) is 5.41 Å². The second-order valence-corrected chi connectivity index (χ2v) is 5.49. The van der Waals surface area contributed by atoms with Crippen molar-refractivity contribution in [3.05, 3.63) is 29.6 Å². The van der Waals surface area contributed by atoms with Gasteiger partial charge in [0.2, 0.25) is 0 Å². The van der Waals surface area contributed by atoms with Crippen LogP contribution in [0, 0.1) is 5.41 Å². The summed E-state index contributed by atoms with van der Waals surface area (Å²) in [6.07, 6.45) is -2.80. The lowest BCUT2D eigenvalue weighted by Gasteiger charge is -2.68. The van der Waals surface area contributed by atoms with Crippen molar-refractivity contribution in [1.82, 2.24) is 4.98 Å². The molecule has 3 saturated carbocycles. The highest BCUT2D eigenvalue weighted by Crippen LogP contribution is 2.73. The summed E-state index contributed by atoms with van der Waals surface area (Å²) in [5, 5.41) is 0. The van der Waals surface area contributed by atoms with Crippen molar-refractivity contribution < 1.29 is 22.7 Å². The highest BCUT2D eigenvalue weighted by molar-refractivity contribution is 5.82. The molecule has 0 amide bonds. The normalized spacial score (nSPS) is 32.2. The third kappa shape index (κ3) is 1.58. The van der Waals surface area contributed by atoms with Crippen LogP contribution in [-0.2, 0) is 21.1 Å². The van der Waals surface area contributed by atoms with Gasteiger partial charge in [-0.05, 0) is 31.4 Å². The Morgan fingerprint density at radius 2 is 1.95 bits per heavy atom. The zero-order valence-electron chi connectivity index (χ0n) is 10.3. The summed E-state index contributed by atoms with van der Waals surface area (Å²) >= 11 is 0. The van der Waals surface area contributed by atoms with E-state index in [9.17, 15) is 18.0 Å². The molecule has 2 bridgehead atoms. The summed E-state index contributed by atoms with van der Waals surface area (Å²) < 4.78 is 42.6. The Hall–Kier alpha value is -1.59. The fourth-order valence-electron chi connectivity index (χ4n) is 3.38. The number of hydrogen-bond acceptors (Lipinski definition) is 3. The zero-order valence-corrected chi connectivity index (χ0v) is 10.3. The summed E-state index contributed by atoms with van der Waals surface area (Å²) in [6, 6.07) is 3.94. The van der Waals surface area contributed by atoms with E-state index in [2.05, 4.69) is 4.98 Å². The van der Waals surface area contributed by atoms with Gasteiger partial charge in [0.15, 0.2) is 0 Å². The molecule has 0 aliphatic heterocycles. The monoisotopic (exact) mass is 271 g/mol. The van der Waals surface area contributed by atoms with Crippen LogP contribution in [0.25, 0.3) is 0 Å². The first-order valence-electron chi connectivity index (χ1n) is 5.95. The van der Waals surface area contributed by atoms with Crippen molar-refractivity contribution in [2.45, 2.75) is 30.9 Å². The summed E-state index contributed by atoms with van der Waals surface area (Å²) in [4.78, 5) is 15.2. The van der Waals surface area contributed by atoms with Crippen molar-refractivity contribution in [3.8, 4) is 0 Å². The molecule has 3 fully saturated rings. The van der Waals surface area contributed by atoms with E-state index in [1.165, 1.54) is 13.2 Å². The second-order valence-electron chi connectivity index (χ2n) is 5.49. The molecule has 3 aliphatic carbocycles. The number of nitrogens with zero attached hydrogens (tertiary/aromatic N) is 1. The molecule has 102 valence electrons. The molecule has 1 heterocycles. The van der Waals surface area contributed by atoms with Crippen LogP contribution >= 0.6 is 0 Å². The Morgan fingerprint density at radius 1 is 1.32 bits per heavy atom. The molecule has 0 aromatic carbocycles. The minimum absolute atomic E-state index is 0.263. The van der Waals surface area contributed by atoms with Crippen LogP contribution in [0.15, 0.2) is 18.2 Å². The van der Waals surface area contributed by atoms with Crippen molar-refractivity contribution in [2.75, 3.05) is 7.11 Å². The number of halogens is 3. The van der Waals surface area contributed by atoms with E-state index >= 15 is 0 Å². The highest BCUT2D eigenvalue weighted by Gasteiger charge is 2.73. The molecule has 1 aromatic rings.